The number of ether oxygens (including phenoxy) is 1. The van der Waals surface area contributed by atoms with E-state index in [1.807, 2.05) is 0 Å². The monoisotopic (exact) mass is 286 g/mol. The van der Waals surface area contributed by atoms with E-state index in [0.29, 0.717) is 18.3 Å². The number of aliphatic hydroxyl groups excluding tert-OH is 1. The van der Waals surface area contributed by atoms with Crippen molar-refractivity contribution in [1.29, 1.82) is 0 Å². The Morgan fingerprint density at radius 1 is 1.58 bits per heavy atom. The highest BCUT2D eigenvalue weighted by Crippen LogP contribution is 2.28. The van der Waals surface area contributed by atoms with E-state index in [4.69, 9.17) is 16.3 Å². The number of hydrogen-bond donors (Lipinski definition) is 2. The summed E-state index contributed by atoms with van der Waals surface area (Å²) in [6.45, 7) is 0.562. The number of rotatable bonds is 7. The molecule has 104 valence electrons. The predicted molar refractivity (Wildman–Crippen MR) is 70.6 cm³/mol. The molecule has 0 aromatic heterocycles. The summed E-state index contributed by atoms with van der Waals surface area (Å²) in [4.78, 5) is 10.0. The zero-order valence-electron chi connectivity index (χ0n) is 10.2. The molecule has 1 aliphatic rings. The van der Waals surface area contributed by atoms with Crippen LogP contribution in [0.3, 0.4) is 0 Å². The molecule has 1 fully saturated rings. The summed E-state index contributed by atoms with van der Waals surface area (Å²) in [5.74, 6) is 0.331. The molecule has 19 heavy (non-hydrogen) atoms. The van der Waals surface area contributed by atoms with Crippen molar-refractivity contribution >= 4 is 17.3 Å². The summed E-state index contributed by atoms with van der Waals surface area (Å²) in [5, 5.41) is 23.6. The second-order valence-electron chi connectivity index (χ2n) is 4.52. The lowest BCUT2D eigenvalue weighted by atomic mass is 10.3. The molecule has 2 rings (SSSR count). The molecular weight excluding hydrogens is 272 g/mol. The number of nitro groups is 1. The molecule has 1 aromatic carbocycles. The molecular formula is C12H15ClN2O4. The normalized spacial score (nSPS) is 16.1. The van der Waals surface area contributed by atoms with Crippen LogP contribution >= 0.6 is 11.6 Å². The van der Waals surface area contributed by atoms with E-state index in [2.05, 4.69) is 5.32 Å². The third-order valence-electron chi connectivity index (χ3n) is 2.78. The summed E-state index contributed by atoms with van der Waals surface area (Å²) < 4.78 is 5.34. The van der Waals surface area contributed by atoms with Crippen LogP contribution in [0.25, 0.3) is 0 Å². The van der Waals surface area contributed by atoms with E-state index in [1.54, 1.807) is 0 Å². The minimum atomic E-state index is -0.633. The van der Waals surface area contributed by atoms with Gasteiger partial charge in [-0.05, 0) is 18.9 Å². The Morgan fingerprint density at radius 3 is 2.89 bits per heavy atom. The predicted octanol–water partition coefficient (Wildman–Crippen LogP) is 1.74. The number of aliphatic hydroxyl groups is 1. The van der Waals surface area contributed by atoms with Gasteiger partial charge in [-0.2, -0.15) is 0 Å². The Balaban J connectivity index is 1.82. The second kappa shape index (κ2) is 6.18. The topological polar surface area (TPSA) is 84.6 Å². The van der Waals surface area contributed by atoms with Crippen LogP contribution < -0.4 is 10.1 Å². The van der Waals surface area contributed by atoms with Crippen molar-refractivity contribution in [3.8, 4) is 5.75 Å². The second-order valence-corrected chi connectivity index (χ2v) is 4.93. The maximum Gasteiger partial charge on any atom is 0.271 e. The first-order valence-electron chi connectivity index (χ1n) is 6.04. The van der Waals surface area contributed by atoms with Crippen molar-refractivity contribution in [3.05, 3.63) is 33.3 Å². The first kappa shape index (κ1) is 14.0. The largest absolute Gasteiger partial charge is 0.489 e. The molecule has 0 aliphatic heterocycles. The van der Waals surface area contributed by atoms with E-state index >= 15 is 0 Å². The van der Waals surface area contributed by atoms with Crippen LogP contribution in [0, 0.1) is 10.1 Å². The molecule has 1 atom stereocenters. The van der Waals surface area contributed by atoms with Gasteiger partial charge in [0, 0.05) is 24.7 Å². The van der Waals surface area contributed by atoms with Crippen molar-refractivity contribution in [2.24, 2.45) is 0 Å². The van der Waals surface area contributed by atoms with E-state index in [-0.39, 0.29) is 17.3 Å². The van der Waals surface area contributed by atoms with Crippen LogP contribution in [-0.4, -0.2) is 35.3 Å². The van der Waals surface area contributed by atoms with Gasteiger partial charge in [-0.25, -0.2) is 0 Å². The van der Waals surface area contributed by atoms with Crippen LogP contribution in [-0.2, 0) is 0 Å². The number of nitro benzene ring substituents is 1. The molecule has 0 heterocycles. The zero-order valence-corrected chi connectivity index (χ0v) is 11.0. The molecule has 0 spiro atoms. The van der Waals surface area contributed by atoms with Crippen molar-refractivity contribution in [2.75, 3.05) is 13.2 Å². The van der Waals surface area contributed by atoms with E-state index < -0.39 is 11.0 Å². The molecule has 2 N–H and O–H groups in total. The van der Waals surface area contributed by atoms with Crippen LogP contribution in [0.2, 0.25) is 5.02 Å². The summed E-state index contributed by atoms with van der Waals surface area (Å²) in [6, 6.07) is 4.50. The lowest BCUT2D eigenvalue weighted by molar-refractivity contribution is -0.384. The number of benzene rings is 1. The van der Waals surface area contributed by atoms with Gasteiger partial charge in [-0.1, -0.05) is 11.6 Å². The zero-order chi connectivity index (χ0) is 13.8. The van der Waals surface area contributed by atoms with Gasteiger partial charge >= 0.3 is 0 Å². The highest BCUT2D eigenvalue weighted by atomic mass is 35.5. The Bertz CT molecular complexity index is 465. The van der Waals surface area contributed by atoms with Gasteiger partial charge in [0.15, 0.2) is 0 Å². The first-order chi connectivity index (χ1) is 9.06. The standard InChI is InChI=1S/C12H15ClN2O4/c13-11-5-9(15(17)18)3-4-12(11)19-7-10(16)6-14-8-1-2-8/h3-5,8,10,14,16H,1-2,6-7H2. The van der Waals surface area contributed by atoms with Crippen LogP contribution in [0.15, 0.2) is 18.2 Å². The average Bonchev–Trinajstić information content (AvgIpc) is 3.18. The molecule has 0 amide bonds. The maximum atomic E-state index is 10.5. The first-order valence-corrected chi connectivity index (χ1v) is 6.42. The lowest BCUT2D eigenvalue weighted by Crippen LogP contribution is -2.32. The third-order valence-corrected chi connectivity index (χ3v) is 3.07. The molecule has 0 bridgehead atoms. The van der Waals surface area contributed by atoms with Crippen molar-refractivity contribution in [3.63, 3.8) is 0 Å². The summed E-state index contributed by atoms with van der Waals surface area (Å²) in [5.41, 5.74) is -0.0895. The van der Waals surface area contributed by atoms with Gasteiger partial charge in [-0.3, -0.25) is 10.1 Å². The van der Waals surface area contributed by atoms with Crippen molar-refractivity contribution < 1.29 is 14.8 Å². The average molecular weight is 287 g/mol. The molecule has 0 radical (unpaired) electrons. The summed E-state index contributed by atoms with van der Waals surface area (Å²) in [6.07, 6.45) is 1.68. The van der Waals surface area contributed by atoms with E-state index in [1.165, 1.54) is 18.2 Å². The Labute approximate surface area is 115 Å². The lowest BCUT2D eigenvalue weighted by Gasteiger charge is -2.13. The van der Waals surface area contributed by atoms with Crippen LogP contribution in [0.1, 0.15) is 12.8 Å². The Morgan fingerprint density at radius 2 is 2.32 bits per heavy atom. The van der Waals surface area contributed by atoms with Crippen molar-refractivity contribution in [1.82, 2.24) is 5.32 Å². The number of nitrogens with one attached hydrogen (secondary N) is 1. The van der Waals surface area contributed by atoms with Gasteiger partial charge in [0.25, 0.3) is 5.69 Å². The van der Waals surface area contributed by atoms with Crippen molar-refractivity contribution in [2.45, 2.75) is 25.0 Å². The molecule has 7 heteroatoms. The number of hydrogen-bond acceptors (Lipinski definition) is 5. The highest BCUT2D eigenvalue weighted by molar-refractivity contribution is 6.32. The fourth-order valence-electron chi connectivity index (χ4n) is 1.56. The fraction of sp³-hybridized carbons (Fsp3) is 0.500. The number of halogens is 1. The van der Waals surface area contributed by atoms with E-state index in [9.17, 15) is 15.2 Å². The summed E-state index contributed by atoms with van der Waals surface area (Å²) >= 11 is 5.87. The molecule has 6 nitrogen and oxygen atoms in total. The van der Waals surface area contributed by atoms with Crippen LogP contribution in [0.5, 0.6) is 5.75 Å². The fourth-order valence-corrected chi connectivity index (χ4v) is 1.78. The smallest absolute Gasteiger partial charge is 0.271 e. The van der Waals surface area contributed by atoms with Gasteiger partial charge < -0.3 is 15.2 Å². The minimum Gasteiger partial charge on any atom is -0.489 e. The highest BCUT2D eigenvalue weighted by Gasteiger charge is 2.21. The van der Waals surface area contributed by atoms with Gasteiger partial charge in [-0.15, -0.1) is 0 Å². The molecule has 1 aromatic rings. The SMILES string of the molecule is O=[N+]([O-])c1ccc(OCC(O)CNC2CC2)c(Cl)c1. The van der Waals surface area contributed by atoms with Gasteiger partial charge in [0.1, 0.15) is 18.5 Å². The third kappa shape index (κ3) is 4.34. The Kier molecular flexibility index (Phi) is 4.57. The molecule has 0 saturated heterocycles. The maximum absolute atomic E-state index is 10.5. The summed E-state index contributed by atoms with van der Waals surface area (Å²) in [7, 11) is 0. The van der Waals surface area contributed by atoms with E-state index in [0.717, 1.165) is 12.8 Å². The molecule has 1 unspecified atom stereocenters. The minimum absolute atomic E-state index is 0.0895. The van der Waals surface area contributed by atoms with Gasteiger partial charge in [0.2, 0.25) is 0 Å². The van der Waals surface area contributed by atoms with Gasteiger partial charge in [0.05, 0.1) is 9.95 Å². The molecule has 1 aliphatic carbocycles. The quantitative estimate of drug-likeness (QED) is 0.589. The molecule has 1 saturated carbocycles. The van der Waals surface area contributed by atoms with Crippen LogP contribution in [0.4, 0.5) is 5.69 Å². The number of nitrogens with zero attached hydrogens (tertiary/aromatic N) is 1. The number of non-ortho nitro benzene ring substituents is 1. The Hall–Kier alpha value is -1.37.